The number of anilines is 1. The van der Waals surface area contributed by atoms with Crippen molar-refractivity contribution < 1.29 is 13.2 Å². The maximum atomic E-state index is 12.7. The minimum absolute atomic E-state index is 0.109. The predicted molar refractivity (Wildman–Crippen MR) is 122 cm³/mol. The van der Waals surface area contributed by atoms with Gasteiger partial charge in [-0.2, -0.15) is 4.31 Å². The summed E-state index contributed by atoms with van der Waals surface area (Å²) in [7, 11) is -3.55. The van der Waals surface area contributed by atoms with Crippen molar-refractivity contribution in [3.8, 4) is 0 Å². The van der Waals surface area contributed by atoms with Gasteiger partial charge in [-0.1, -0.05) is 36.7 Å². The first-order valence-electron chi connectivity index (χ1n) is 10.2. The van der Waals surface area contributed by atoms with Crippen LogP contribution in [0.2, 0.25) is 5.02 Å². The van der Waals surface area contributed by atoms with Crippen LogP contribution in [0.5, 0.6) is 0 Å². The maximum Gasteiger partial charge on any atom is 0.243 e. The third-order valence-electron chi connectivity index (χ3n) is 5.14. The molecule has 0 spiro atoms. The van der Waals surface area contributed by atoms with Crippen LogP contribution in [0.15, 0.2) is 41.3 Å². The van der Waals surface area contributed by atoms with Crippen molar-refractivity contribution in [2.75, 3.05) is 18.4 Å². The quantitative estimate of drug-likeness (QED) is 0.520. The molecule has 0 fully saturated rings. The van der Waals surface area contributed by atoms with Gasteiger partial charge in [0.05, 0.1) is 10.4 Å². The van der Waals surface area contributed by atoms with Crippen LogP contribution in [-0.4, -0.2) is 46.7 Å². The standard InChI is InChI=1S/C21H26ClN5O3S/c1-4-26(5-2)31(29,30)16-11-12-20-19(14-16)24-25-27(20)13-7-10-21(28)23-18-9-6-8-17(22)15(18)3/h6,8-9,11-12,14H,4-5,7,10,13H2,1-3H3,(H,23,28). The van der Waals surface area contributed by atoms with E-state index in [9.17, 15) is 13.2 Å². The molecule has 0 radical (unpaired) electrons. The molecule has 3 aromatic rings. The predicted octanol–water partition coefficient (Wildman–Crippen LogP) is 3.84. The molecule has 0 saturated heterocycles. The van der Waals surface area contributed by atoms with E-state index in [2.05, 4.69) is 15.6 Å². The minimum atomic E-state index is -3.55. The van der Waals surface area contributed by atoms with Crippen molar-refractivity contribution in [2.24, 2.45) is 0 Å². The molecule has 3 rings (SSSR count). The summed E-state index contributed by atoms with van der Waals surface area (Å²) in [5.74, 6) is -0.109. The van der Waals surface area contributed by atoms with Gasteiger partial charge >= 0.3 is 0 Å². The average molecular weight is 464 g/mol. The molecule has 0 unspecified atom stereocenters. The Morgan fingerprint density at radius 1 is 1.19 bits per heavy atom. The summed E-state index contributed by atoms with van der Waals surface area (Å²) in [6.07, 6.45) is 0.866. The molecule has 1 heterocycles. The highest BCUT2D eigenvalue weighted by Gasteiger charge is 2.22. The first-order valence-corrected chi connectivity index (χ1v) is 12.0. The summed E-state index contributed by atoms with van der Waals surface area (Å²) >= 11 is 6.09. The van der Waals surface area contributed by atoms with E-state index >= 15 is 0 Å². The Balaban J connectivity index is 1.65. The van der Waals surface area contributed by atoms with Crippen molar-refractivity contribution >= 4 is 44.3 Å². The normalized spacial score (nSPS) is 11.9. The van der Waals surface area contributed by atoms with Crippen molar-refractivity contribution in [3.05, 3.63) is 47.0 Å². The van der Waals surface area contributed by atoms with Gasteiger partial charge in [0.15, 0.2) is 0 Å². The number of fused-ring (bicyclic) bond motifs is 1. The molecule has 31 heavy (non-hydrogen) atoms. The summed E-state index contributed by atoms with van der Waals surface area (Å²) in [5.41, 5.74) is 2.76. The molecule has 166 valence electrons. The molecular weight excluding hydrogens is 438 g/mol. The van der Waals surface area contributed by atoms with E-state index < -0.39 is 10.0 Å². The topological polar surface area (TPSA) is 97.2 Å². The van der Waals surface area contributed by atoms with Crippen LogP contribution in [0.3, 0.4) is 0 Å². The van der Waals surface area contributed by atoms with Crippen molar-refractivity contribution in [1.29, 1.82) is 0 Å². The number of amides is 1. The highest BCUT2D eigenvalue weighted by atomic mass is 35.5. The number of sulfonamides is 1. The monoisotopic (exact) mass is 463 g/mol. The number of aromatic nitrogens is 3. The molecule has 8 nitrogen and oxygen atoms in total. The second-order valence-corrected chi connectivity index (χ2v) is 9.46. The Labute approximate surface area is 187 Å². The number of hydrogen-bond acceptors (Lipinski definition) is 5. The zero-order valence-corrected chi connectivity index (χ0v) is 19.4. The third kappa shape index (κ3) is 5.06. The molecule has 10 heteroatoms. The lowest BCUT2D eigenvalue weighted by atomic mass is 10.2. The Hall–Kier alpha value is -2.49. The SMILES string of the molecule is CCN(CC)S(=O)(=O)c1ccc2c(c1)nnn2CCCC(=O)Nc1cccc(Cl)c1C. The van der Waals surface area contributed by atoms with Gasteiger partial charge in [0.25, 0.3) is 0 Å². The zero-order valence-electron chi connectivity index (χ0n) is 17.8. The number of carbonyl (C=O) groups excluding carboxylic acids is 1. The molecule has 0 saturated carbocycles. The molecule has 1 aromatic heterocycles. The van der Waals surface area contributed by atoms with Crippen LogP contribution in [0.1, 0.15) is 32.3 Å². The van der Waals surface area contributed by atoms with E-state index in [0.717, 1.165) is 11.1 Å². The van der Waals surface area contributed by atoms with E-state index in [0.29, 0.717) is 48.7 Å². The number of nitrogens with zero attached hydrogens (tertiary/aromatic N) is 4. The Morgan fingerprint density at radius 3 is 2.65 bits per heavy atom. The first-order chi connectivity index (χ1) is 14.8. The number of carbonyl (C=O) groups is 1. The first kappa shape index (κ1) is 23.2. The van der Waals surface area contributed by atoms with Gasteiger partial charge in [-0.25, -0.2) is 13.1 Å². The molecule has 0 bridgehead atoms. The van der Waals surface area contributed by atoms with Gasteiger partial charge in [-0.3, -0.25) is 4.79 Å². The lowest BCUT2D eigenvalue weighted by molar-refractivity contribution is -0.116. The van der Waals surface area contributed by atoms with E-state index in [1.165, 1.54) is 4.31 Å². The van der Waals surface area contributed by atoms with Crippen LogP contribution < -0.4 is 5.32 Å². The van der Waals surface area contributed by atoms with Gasteiger partial charge in [0.2, 0.25) is 15.9 Å². The molecule has 0 aliphatic heterocycles. The van der Waals surface area contributed by atoms with Crippen LogP contribution >= 0.6 is 11.6 Å². The van der Waals surface area contributed by atoms with Crippen LogP contribution in [-0.2, 0) is 21.4 Å². The molecule has 1 amide bonds. The highest BCUT2D eigenvalue weighted by Crippen LogP contribution is 2.23. The van der Waals surface area contributed by atoms with E-state index in [-0.39, 0.29) is 10.8 Å². The van der Waals surface area contributed by atoms with Crippen LogP contribution in [0.4, 0.5) is 5.69 Å². The van der Waals surface area contributed by atoms with E-state index in [1.807, 2.05) is 13.0 Å². The largest absolute Gasteiger partial charge is 0.326 e. The van der Waals surface area contributed by atoms with Crippen molar-refractivity contribution in [3.63, 3.8) is 0 Å². The molecular formula is C21H26ClN5O3S. The van der Waals surface area contributed by atoms with Gasteiger partial charge in [0.1, 0.15) is 5.52 Å². The summed E-state index contributed by atoms with van der Waals surface area (Å²) in [4.78, 5) is 12.5. The molecule has 0 atom stereocenters. The van der Waals surface area contributed by atoms with Gasteiger partial charge < -0.3 is 5.32 Å². The maximum absolute atomic E-state index is 12.7. The fraction of sp³-hybridized carbons (Fsp3) is 0.381. The smallest absolute Gasteiger partial charge is 0.243 e. The fourth-order valence-corrected chi connectivity index (χ4v) is 4.99. The number of benzene rings is 2. The van der Waals surface area contributed by atoms with Crippen LogP contribution in [0, 0.1) is 6.92 Å². The molecule has 0 aliphatic rings. The summed E-state index contributed by atoms with van der Waals surface area (Å²) < 4.78 is 28.5. The number of nitrogens with one attached hydrogen (secondary N) is 1. The van der Waals surface area contributed by atoms with Gasteiger partial charge in [-0.15, -0.1) is 5.10 Å². The number of halogens is 1. The van der Waals surface area contributed by atoms with E-state index in [1.54, 1.807) is 48.9 Å². The second-order valence-electron chi connectivity index (χ2n) is 7.12. The van der Waals surface area contributed by atoms with E-state index in [4.69, 9.17) is 11.6 Å². The van der Waals surface area contributed by atoms with Crippen molar-refractivity contribution in [1.82, 2.24) is 19.3 Å². The molecule has 2 aromatic carbocycles. The lowest BCUT2D eigenvalue weighted by Crippen LogP contribution is -2.30. The van der Waals surface area contributed by atoms with Crippen LogP contribution in [0.25, 0.3) is 11.0 Å². The summed E-state index contributed by atoms with van der Waals surface area (Å²) in [6, 6.07) is 10.2. The molecule has 0 aliphatic carbocycles. The Kier molecular flexibility index (Phi) is 7.30. The summed E-state index contributed by atoms with van der Waals surface area (Å²) in [6.45, 7) is 6.76. The average Bonchev–Trinajstić information content (AvgIpc) is 3.14. The zero-order chi connectivity index (χ0) is 22.6. The number of rotatable bonds is 9. The second kappa shape index (κ2) is 9.76. The minimum Gasteiger partial charge on any atom is -0.326 e. The Morgan fingerprint density at radius 2 is 1.94 bits per heavy atom. The molecule has 1 N–H and O–H groups in total. The van der Waals surface area contributed by atoms with Crippen molar-refractivity contribution in [2.45, 2.75) is 45.1 Å². The van der Waals surface area contributed by atoms with Gasteiger partial charge in [0, 0.05) is 36.8 Å². The van der Waals surface area contributed by atoms with Gasteiger partial charge in [-0.05, 0) is 49.2 Å². The number of hydrogen-bond donors (Lipinski definition) is 1. The summed E-state index contributed by atoms with van der Waals surface area (Å²) in [5, 5.41) is 11.7. The highest BCUT2D eigenvalue weighted by molar-refractivity contribution is 7.89. The Bertz CT molecular complexity index is 1190. The lowest BCUT2D eigenvalue weighted by Gasteiger charge is -2.18. The fourth-order valence-electron chi connectivity index (χ4n) is 3.34. The third-order valence-corrected chi connectivity index (χ3v) is 7.60. The number of aryl methyl sites for hydroxylation is 1.